The Morgan fingerprint density at radius 3 is 2.56 bits per heavy atom. The van der Waals surface area contributed by atoms with Crippen LogP contribution in [-0.4, -0.2) is 28.5 Å². The van der Waals surface area contributed by atoms with Crippen molar-refractivity contribution in [3.05, 3.63) is 52.1 Å². The molecule has 2 aromatic rings. The first-order valence-corrected chi connectivity index (χ1v) is 10.0. The van der Waals surface area contributed by atoms with Gasteiger partial charge in [0.2, 0.25) is 0 Å². The number of amides is 2. The van der Waals surface area contributed by atoms with Crippen molar-refractivity contribution in [2.24, 2.45) is 0 Å². The molecular formula is C22H24F3N5O2. The van der Waals surface area contributed by atoms with Gasteiger partial charge in [0, 0.05) is 36.6 Å². The Labute approximate surface area is 183 Å². The summed E-state index contributed by atoms with van der Waals surface area (Å²) in [6.45, 7) is 6.89. The van der Waals surface area contributed by atoms with Crippen molar-refractivity contribution in [3.63, 3.8) is 0 Å². The largest absolute Gasteiger partial charge is 0.364 e. The first-order valence-electron chi connectivity index (χ1n) is 10.0. The lowest BCUT2D eigenvalue weighted by Crippen LogP contribution is -2.49. The molecule has 1 aliphatic rings. The van der Waals surface area contributed by atoms with E-state index in [1.807, 2.05) is 0 Å². The first kappa shape index (κ1) is 23.3. The van der Waals surface area contributed by atoms with E-state index in [9.17, 15) is 14.0 Å². The van der Waals surface area contributed by atoms with Crippen LogP contribution in [0.5, 0.6) is 0 Å². The van der Waals surface area contributed by atoms with Crippen molar-refractivity contribution in [3.8, 4) is 6.07 Å². The fourth-order valence-corrected chi connectivity index (χ4v) is 3.75. The van der Waals surface area contributed by atoms with Crippen LogP contribution in [0.4, 0.5) is 18.9 Å². The van der Waals surface area contributed by atoms with Crippen molar-refractivity contribution in [2.45, 2.75) is 52.2 Å². The van der Waals surface area contributed by atoms with Crippen LogP contribution >= 0.6 is 0 Å². The van der Waals surface area contributed by atoms with Crippen LogP contribution in [-0.2, 0) is 23.8 Å². The third-order valence-electron chi connectivity index (χ3n) is 5.06. The molecule has 0 fully saturated rings. The van der Waals surface area contributed by atoms with Crippen LogP contribution in [0, 0.1) is 24.1 Å². The second kappa shape index (κ2) is 8.31. The van der Waals surface area contributed by atoms with Gasteiger partial charge >= 0.3 is 5.92 Å². The second-order valence-electron chi connectivity index (χ2n) is 8.66. The predicted molar refractivity (Wildman–Crippen MR) is 112 cm³/mol. The van der Waals surface area contributed by atoms with Crippen LogP contribution in [0.15, 0.2) is 18.2 Å². The Morgan fingerprint density at radius 2 is 1.94 bits per heavy atom. The number of halogens is 3. The van der Waals surface area contributed by atoms with Gasteiger partial charge in [-0.05, 0) is 51.5 Å². The molecule has 1 aromatic carbocycles. The summed E-state index contributed by atoms with van der Waals surface area (Å²) >= 11 is 0. The van der Waals surface area contributed by atoms with Crippen molar-refractivity contribution in [1.29, 1.82) is 5.26 Å². The van der Waals surface area contributed by atoms with Gasteiger partial charge in [0.05, 0.1) is 11.1 Å². The van der Waals surface area contributed by atoms with Crippen LogP contribution in [0.1, 0.15) is 53.6 Å². The molecule has 1 aliphatic heterocycles. The Hall–Kier alpha value is -3.32. The van der Waals surface area contributed by atoms with Gasteiger partial charge in [0.15, 0.2) is 0 Å². The highest BCUT2D eigenvalue weighted by Gasteiger charge is 2.48. The van der Waals surface area contributed by atoms with E-state index in [-0.39, 0.29) is 35.5 Å². The van der Waals surface area contributed by atoms with Crippen molar-refractivity contribution in [1.82, 2.24) is 15.2 Å². The fourth-order valence-electron chi connectivity index (χ4n) is 3.75. The maximum atomic E-state index is 15.3. The maximum Gasteiger partial charge on any atom is 0.364 e. The van der Waals surface area contributed by atoms with Gasteiger partial charge in [-0.25, -0.2) is 4.39 Å². The molecule has 3 N–H and O–H groups in total. The summed E-state index contributed by atoms with van der Waals surface area (Å²) in [7, 11) is 0. The summed E-state index contributed by atoms with van der Waals surface area (Å²) in [5.74, 6) is -6.75. The zero-order valence-electron chi connectivity index (χ0n) is 18.2. The van der Waals surface area contributed by atoms with Crippen LogP contribution < -0.4 is 16.0 Å². The molecule has 32 heavy (non-hydrogen) atoms. The number of hydrogen-bond acceptors (Lipinski definition) is 4. The maximum absolute atomic E-state index is 15.3. The molecule has 10 heteroatoms. The number of nitrogens with one attached hydrogen (secondary N) is 3. The van der Waals surface area contributed by atoms with E-state index in [2.05, 4.69) is 16.0 Å². The number of aromatic nitrogens is 1. The number of anilines is 1. The quantitative estimate of drug-likeness (QED) is 0.671. The number of carbonyl (C=O) groups is 2. The Morgan fingerprint density at radius 1 is 1.25 bits per heavy atom. The number of fused-ring (bicyclic) bond motifs is 1. The summed E-state index contributed by atoms with van der Waals surface area (Å²) < 4.78 is 45.5. The van der Waals surface area contributed by atoms with Crippen LogP contribution in [0.25, 0.3) is 0 Å². The summed E-state index contributed by atoms with van der Waals surface area (Å²) in [5.41, 5.74) is -1.18. The molecular weight excluding hydrogens is 423 g/mol. The van der Waals surface area contributed by atoms with Gasteiger partial charge < -0.3 is 20.5 Å². The van der Waals surface area contributed by atoms with Crippen molar-refractivity contribution in [2.75, 3.05) is 11.9 Å². The standard InChI is InChI=1S/C22H24F3N5O2/c1-12-17(19(31)28-14-5-6-15(23)13(9-14)10-26)16-11-27-7-8-30(16)18(12)22(24,25)20(32)29-21(2,3)4/h5-6,9,27H,7-8,11H2,1-4H3,(H,28,31)(H,29,32). The third kappa shape index (κ3) is 4.34. The number of nitriles is 1. The smallest absolute Gasteiger partial charge is 0.346 e. The minimum Gasteiger partial charge on any atom is -0.346 e. The van der Waals surface area contributed by atoms with E-state index in [0.717, 1.165) is 12.1 Å². The lowest BCUT2D eigenvalue weighted by Gasteiger charge is -2.27. The Bertz CT molecular complexity index is 1130. The molecule has 1 aromatic heterocycles. The molecule has 0 unspecified atom stereocenters. The summed E-state index contributed by atoms with van der Waals surface area (Å²) in [5, 5.41) is 16.9. The molecule has 170 valence electrons. The van der Waals surface area contributed by atoms with Gasteiger partial charge in [-0.2, -0.15) is 14.0 Å². The summed E-state index contributed by atoms with van der Waals surface area (Å²) in [4.78, 5) is 25.5. The zero-order chi connectivity index (χ0) is 23.8. The van der Waals surface area contributed by atoms with E-state index in [1.165, 1.54) is 17.6 Å². The van der Waals surface area contributed by atoms with E-state index >= 15 is 8.78 Å². The van der Waals surface area contributed by atoms with Crippen LogP contribution in [0.2, 0.25) is 0 Å². The molecule has 0 radical (unpaired) electrons. The van der Waals surface area contributed by atoms with Crippen LogP contribution in [0.3, 0.4) is 0 Å². The van der Waals surface area contributed by atoms with Crippen molar-refractivity contribution >= 4 is 17.5 Å². The van der Waals surface area contributed by atoms with Gasteiger partial charge in [-0.15, -0.1) is 0 Å². The topological polar surface area (TPSA) is 99.0 Å². The van der Waals surface area contributed by atoms with E-state index in [4.69, 9.17) is 5.26 Å². The molecule has 0 spiro atoms. The molecule has 0 saturated carbocycles. The highest BCUT2D eigenvalue weighted by Crippen LogP contribution is 2.37. The molecule has 7 nitrogen and oxygen atoms in total. The normalized spacial score (nSPS) is 13.8. The minimum absolute atomic E-state index is 0.0123. The SMILES string of the molecule is Cc1c(C(=O)Nc2ccc(F)c(C#N)c2)c2n(c1C(F)(F)C(=O)NC(C)(C)C)CCNC2. The average molecular weight is 447 g/mol. The number of rotatable bonds is 4. The third-order valence-corrected chi connectivity index (χ3v) is 5.06. The zero-order valence-corrected chi connectivity index (χ0v) is 18.2. The summed E-state index contributed by atoms with van der Waals surface area (Å²) in [6, 6.07) is 5.15. The second-order valence-corrected chi connectivity index (χ2v) is 8.66. The number of nitrogens with zero attached hydrogens (tertiary/aromatic N) is 2. The number of carbonyl (C=O) groups excluding carboxylic acids is 2. The Balaban J connectivity index is 2.05. The fraction of sp³-hybridized carbons (Fsp3) is 0.409. The molecule has 0 aliphatic carbocycles. The molecule has 0 saturated heterocycles. The first-order chi connectivity index (χ1) is 14.9. The monoisotopic (exact) mass is 447 g/mol. The minimum atomic E-state index is -3.87. The Kier molecular flexibility index (Phi) is 6.07. The lowest BCUT2D eigenvalue weighted by molar-refractivity contribution is -0.149. The number of hydrogen-bond donors (Lipinski definition) is 3. The van der Waals surface area contributed by atoms with Gasteiger partial charge in [-0.1, -0.05) is 0 Å². The molecule has 2 heterocycles. The lowest BCUT2D eigenvalue weighted by atomic mass is 10.0. The highest BCUT2D eigenvalue weighted by atomic mass is 19.3. The van der Waals surface area contributed by atoms with E-state index < -0.39 is 34.8 Å². The molecule has 0 bridgehead atoms. The van der Waals surface area contributed by atoms with Gasteiger partial charge in [-0.3, -0.25) is 9.59 Å². The van der Waals surface area contributed by atoms with Crippen molar-refractivity contribution < 1.29 is 22.8 Å². The molecule has 2 amide bonds. The van der Waals surface area contributed by atoms with E-state index in [0.29, 0.717) is 12.2 Å². The van der Waals surface area contributed by atoms with E-state index in [1.54, 1.807) is 26.8 Å². The predicted octanol–water partition coefficient (Wildman–Crippen LogP) is 3.17. The van der Waals surface area contributed by atoms with Gasteiger partial charge in [0.1, 0.15) is 17.6 Å². The number of alkyl halides is 2. The molecule has 0 atom stereocenters. The highest BCUT2D eigenvalue weighted by molar-refractivity contribution is 6.07. The molecule has 3 rings (SSSR count). The van der Waals surface area contributed by atoms with Gasteiger partial charge in [0.25, 0.3) is 11.8 Å². The number of benzene rings is 1. The average Bonchev–Trinajstić information content (AvgIpc) is 3.00. The summed E-state index contributed by atoms with van der Waals surface area (Å²) in [6.07, 6.45) is 0.